The van der Waals surface area contributed by atoms with E-state index in [9.17, 15) is 9.90 Å². The van der Waals surface area contributed by atoms with Gasteiger partial charge in [0.15, 0.2) is 0 Å². The van der Waals surface area contributed by atoms with Crippen LogP contribution in [0.1, 0.15) is 32.6 Å². The summed E-state index contributed by atoms with van der Waals surface area (Å²) in [5, 5.41) is 19.0. The van der Waals surface area contributed by atoms with Gasteiger partial charge in [0, 0.05) is 11.9 Å². The summed E-state index contributed by atoms with van der Waals surface area (Å²) in [5.74, 6) is -0.734. The maximum atomic E-state index is 12.0. The minimum atomic E-state index is -0.805. The third-order valence-electron chi connectivity index (χ3n) is 4.37. The zero-order valence-electron chi connectivity index (χ0n) is 12.1. The Morgan fingerprint density at radius 2 is 2.24 bits per heavy atom. The summed E-state index contributed by atoms with van der Waals surface area (Å²) in [4.78, 5) is 14.0. The lowest BCUT2D eigenvalue weighted by molar-refractivity contribution is -0.143. The number of aromatic nitrogens is 2. The fraction of sp³-hybridized carbons (Fsp3) is 0.438. The van der Waals surface area contributed by atoms with Crippen LogP contribution in [0.5, 0.6) is 0 Å². The van der Waals surface area contributed by atoms with Gasteiger partial charge in [-0.15, -0.1) is 0 Å². The van der Waals surface area contributed by atoms with E-state index in [0.29, 0.717) is 12.8 Å². The van der Waals surface area contributed by atoms with Gasteiger partial charge in [-0.3, -0.25) is 0 Å². The van der Waals surface area contributed by atoms with Crippen molar-refractivity contribution in [2.75, 3.05) is 11.4 Å². The van der Waals surface area contributed by atoms with Crippen molar-refractivity contribution in [1.29, 1.82) is 0 Å². The lowest BCUT2D eigenvalue weighted by atomic mass is 9.90. The van der Waals surface area contributed by atoms with Gasteiger partial charge < -0.3 is 10.0 Å². The fourth-order valence-corrected chi connectivity index (χ4v) is 3.44. The van der Waals surface area contributed by atoms with Crippen molar-refractivity contribution in [1.82, 2.24) is 10.2 Å². The van der Waals surface area contributed by atoms with Gasteiger partial charge in [-0.2, -0.15) is 10.2 Å². The highest BCUT2D eigenvalue weighted by atomic mass is 16.4. The Morgan fingerprint density at radius 3 is 3.00 bits per heavy atom. The highest BCUT2D eigenvalue weighted by Crippen LogP contribution is 2.40. The van der Waals surface area contributed by atoms with Crippen LogP contribution in [0.15, 0.2) is 30.5 Å². The fourth-order valence-electron chi connectivity index (χ4n) is 3.44. The molecule has 110 valence electrons. The van der Waals surface area contributed by atoms with Crippen LogP contribution >= 0.6 is 0 Å². The molecule has 1 aliphatic rings. The van der Waals surface area contributed by atoms with Gasteiger partial charge in [0.25, 0.3) is 0 Å². The van der Waals surface area contributed by atoms with Gasteiger partial charge in [0.1, 0.15) is 5.54 Å². The summed E-state index contributed by atoms with van der Waals surface area (Å²) >= 11 is 0. The molecule has 1 saturated heterocycles. The van der Waals surface area contributed by atoms with Gasteiger partial charge >= 0.3 is 5.97 Å². The number of hydrogen-bond donors (Lipinski definition) is 1. The number of benzene rings is 1. The van der Waals surface area contributed by atoms with Crippen molar-refractivity contribution in [2.45, 2.75) is 38.1 Å². The van der Waals surface area contributed by atoms with Crippen LogP contribution in [-0.2, 0) is 4.79 Å². The number of nitrogens with zero attached hydrogens (tertiary/aromatic N) is 3. The van der Waals surface area contributed by atoms with Crippen LogP contribution in [0.4, 0.5) is 5.69 Å². The van der Waals surface area contributed by atoms with Crippen LogP contribution in [0.25, 0.3) is 10.9 Å². The zero-order chi connectivity index (χ0) is 14.9. The number of fused-ring (bicyclic) bond motifs is 1. The number of carboxylic acids is 1. The Labute approximate surface area is 123 Å². The second-order valence-electron chi connectivity index (χ2n) is 5.59. The standard InChI is InChI=1S/C16H19N3O2/c1-2-8-16(15(20)21)9-5-10-19(16)14-11-17-18-13-7-4-3-6-12(13)14/h3-4,6-7,11H,2,5,8-10H2,1H3,(H,20,21). The second-order valence-corrected chi connectivity index (χ2v) is 5.59. The average Bonchev–Trinajstić information content (AvgIpc) is 2.92. The number of rotatable bonds is 4. The molecule has 0 aliphatic carbocycles. The number of carboxylic acid groups (broad SMARTS) is 1. The summed E-state index contributed by atoms with van der Waals surface area (Å²) in [6, 6.07) is 7.76. The lowest BCUT2D eigenvalue weighted by Gasteiger charge is -2.36. The Morgan fingerprint density at radius 1 is 1.43 bits per heavy atom. The van der Waals surface area contributed by atoms with Gasteiger partial charge in [0.05, 0.1) is 17.4 Å². The maximum absolute atomic E-state index is 12.0. The summed E-state index contributed by atoms with van der Waals surface area (Å²) < 4.78 is 0. The van der Waals surface area contributed by atoms with Crippen LogP contribution in [0.2, 0.25) is 0 Å². The Kier molecular flexibility index (Phi) is 3.49. The molecule has 1 aromatic heterocycles. The van der Waals surface area contributed by atoms with E-state index in [1.54, 1.807) is 6.20 Å². The maximum Gasteiger partial charge on any atom is 0.329 e. The molecular weight excluding hydrogens is 266 g/mol. The topological polar surface area (TPSA) is 66.3 Å². The van der Waals surface area contributed by atoms with E-state index in [4.69, 9.17) is 0 Å². The highest BCUT2D eigenvalue weighted by molar-refractivity contribution is 5.94. The number of aliphatic carboxylic acids is 1. The summed E-state index contributed by atoms with van der Waals surface area (Å²) in [6.07, 6.45) is 4.77. The molecule has 0 saturated carbocycles. The highest BCUT2D eigenvalue weighted by Gasteiger charge is 2.47. The van der Waals surface area contributed by atoms with Crippen molar-refractivity contribution in [3.8, 4) is 0 Å². The summed E-state index contributed by atoms with van der Waals surface area (Å²) in [7, 11) is 0. The van der Waals surface area contributed by atoms with E-state index in [2.05, 4.69) is 10.2 Å². The molecule has 0 radical (unpaired) electrons. The number of anilines is 1. The number of carbonyl (C=O) groups is 1. The smallest absolute Gasteiger partial charge is 0.329 e. The van der Waals surface area contributed by atoms with E-state index < -0.39 is 11.5 Å². The van der Waals surface area contributed by atoms with Crippen molar-refractivity contribution in [3.05, 3.63) is 30.5 Å². The molecular formula is C16H19N3O2. The molecule has 21 heavy (non-hydrogen) atoms. The molecule has 5 heteroatoms. The first-order valence-corrected chi connectivity index (χ1v) is 7.40. The first-order valence-electron chi connectivity index (χ1n) is 7.40. The molecule has 0 spiro atoms. The van der Waals surface area contributed by atoms with E-state index in [0.717, 1.165) is 36.0 Å². The van der Waals surface area contributed by atoms with Gasteiger partial charge in [-0.25, -0.2) is 4.79 Å². The third-order valence-corrected chi connectivity index (χ3v) is 4.37. The Balaban J connectivity index is 2.14. The lowest BCUT2D eigenvalue weighted by Crippen LogP contribution is -2.50. The van der Waals surface area contributed by atoms with E-state index in [1.165, 1.54) is 0 Å². The van der Waals surface area contributed by atoms with Crippen LogP contribution in [0.3, 0.4) is 0 Å². The first kappa shape index (κ1) is 13.8. The molecule has 3 rings (SSSR count). The molecule has 1 N–H and O–H groups in total. The molecule has 1 atom stereocenters. The molecule has 1 aromatic carbocycles. The molecule has 2 aromatic rings. The van der Waals surface area contributed by atoms with Crippen molar-refractivity contribution >= 4 is 22.6 Å². The predicted octanol–water partition coefficient (Wildman–Crippen LogP) is 2.85. The Hall–Kier alpha value is -2.17. The quantitative estimate of drug-likeness (QED) is 0.935. The van der Waals surface area contributed by atoms with E-state index >= 15 is 0 Å². The third kappa shape index (κ3) is 2.13. The van der Waals surface area contributed by atoms with Crippen LogP contribution < -0.4 is 4.90 Å². The van der Waals surface area contributed by atoms with Crippen LogP contribution in [0, 0.1) is 0 Å². The molecule has 1 aliphatic heterocycles. The Bertz CT molecular complexity index is 668. The molecule has 1 fully saturated rings. The van der Waals surface area contributed by atoms with E-state index in [-0.39, 0.29) is 0 Å². The molecule has 0 amide bonds. The molecule has 1 unspecified atom stereocenters. The predicted molar refractivity (Wildman–Crippen MR) is 81.4 cm³/mol. The van der Waals surface area contributed by atoms with Crippen molar-refractivity contribution in [3.63, 3.8) is 0 Å². The minimum absolute atomic E-state index is 0.652. The monoisotopic (exact) mass is 285 g/mol. The van der Waals surface area contributed by atoms with Crippen LogP contribution in [-0.4, -0.2) is 33.4 Å². The van der Waals surface area contributed by atoms with Crippen molar-refractivity contribution < 1.29 is 9.90 Å². The molecule has 5 nitrogen and oxygen atoms in total. The van der Waals surface area contributed by atoms with Gasteiger partial charge in [-0.05, 0) is 25.3 Å². The van der Waals surface area contributed by atoms with E-state index in [1.807, 2.05) is 36.1 Å². The van der Waals surface area contributed by atoms with Gasteiger partial charge in [-0.1, -0.05) is 31.5 Å². The minimum Gasteiger partial charge on any atom is -0.479 e. The first-order chi connectivity index (χ1) is 10.2. The average molecular weight is 285 g/mol. The van der Waals surface area contributed by atoms with Gasteiger partial charge in [0.2, 0.25) is 0 Å². The molecule has 0 bridgehead atoms. The van der Waals surface area contributed by atoms with Crippen molar-refractivity contribution in [2.24, 2.45) is 0 Å². The summed E-state index contributed by atoms with van der Waals surface area (Å²) in [5.41, 5.74) is 0.882. The largest absolute Gasteiger partial charge is 0.479 e. The SMILES string of the molecule is CCCC1(C(=O)O)CCCN1c1cnnc2ccccc12. The zero-order valence-corrected chi connectivity index (χ0v) is 12.1. The second kappa shape index (κ2) is 5.31. The number of hydrogen-bond acceptors (Lipinski definition) is 4. The normalized spacial score (nSPS) is 21.9. The molecule has 2 heterocycles. The summed E-state index contributed by atoms with van der Waals surface area (Å²) in [6.45, 7) is 2.78.